The van der Waals surface area contributed by atoms with Gasteiger partial charge in [-0.05, 0) is 43.3 Å². The number of esters is 1. The molecule has 0 radical (unpaired) electrons. The Bertz CT molecular complexity index is 847. The number of nitrogens with zero attached hydrogens (tertiary/aromatic N) is 1. The zero-order valence-corrected chi connectivity index (χ0v) is 13.3. The number of rotatable bonds is 4. The van der Waals surface area contributed by atoms with Crippen LogP contribution in [0.2, 0.25) is 0 Å². The van der Waals surface area contributed by atoms with Gasteiger partial charge in [0.15, 0.2) is 5.78 Å². The Hall–Kier alpha value is -3.22. The van der Waals surface area contributed by atoms with E-state index in [0.717, 1.165) is 6.07 Å². The van der Waals surface area contributed by atoms with E-state index in [1.165, 1.54) is 36.1 Å². The van der Waals surface area contributed by atoms with Gasteiger partial charge in [0.2, 0.25) is 0 Å². The summed E-state index contributed by atoms with van der Waals surface area (Å²) >= 11 is 0. The van der Waals surface area contributed by atoms with Crippen molar-refractivity contribution in [1.82, 2.24) is 0 Å². The lowest BCUT2D eigenvalue weighted by Gasteiger charge is -2.12. The Morgan fingerprint density at radius 3 is 2.44 bits per heavy atom. The van der Waals surface area contributed by atoms with Crippen LogP contribution in [-0.4, -0.2) is 31.0 Å². The van der Waals surface area contributed by atoms with Crippen LogP contribution < -0.4 is 9.64 Å². The number of amides is 1. The van der Waals surface area contributed by atoms with Crippen LogP contribution >= 0.6 is 0 Å². The number of ketones is 1. The van der Waals surface area contributed by atoms with Crippen molar-refractivity contribution in [3.05, 3.63) is 59.4 Å². The van der Waals surface area contributed by atoms with Gasteiger partial charge in [-0.1, -0.05) is 0 Å². The zero-order valence-electron chi connectivity index (χ0n) is 13.3. The van der Waals surface area contributed by atoms with Crippen LogP contribution in [0.25, 0.3) is 0 Å². The summed E-state index contributed by atoms with van der Waals surface area (Å²) in [7, 11) is 0. The molecule has 25 heavy (non-hydrogen) atoms. The fraction of sp³-hybridized carbons (Fsp3) is 0.167. The third-order valence-corrected chi connectivity index (χ3v) is 3.71. The Labute approximate surface area is 142 Å². The lowest BCUT2D eigenvalue weighted by molar-refractivity contribution is 0.0734. The molecule has 7 heteroatoms. The Kier molecular flexibility index (Phi) is 4.47. The van der Waals surface area contributed by atoms with Crippen molar-refractivity contribution in [2.75, 3.05) is 18.1 Å². The van der Waals surface area contributed by atoms with Crippen molar-refractivity contribution in [1.29, 1.82) is 0 Å². The third-order valence-electron chi connectivity index (χ3n) is 3.71. The van der Waals surface area contributed by atoms with Crippen molar-refractivity contribution in [3.8, 4) is 5.75 Å². The molecule has 0 unspecified atom stereocenters. The van der Waals surface area contributed by atoms with E-state index in [0.29, 0.717) is 18.8 Å². The molecule has 2 aromatic rings. The molecular weight excluding hydrogens is 329 g/mol. The minimum atomic E-state index is -0.749. The van der Waals surface area contributed by atoms with E-state index in [9.17, 15) is 18.8 Å². The minimum absolute atomic E-state index is 0.000280. The van der Waals surface area contributed by atoms with Gasteiger partial charge in [0.1, 0.15) is 18.2 Å². The summed E-state index contributed by atoms with van der Waals surface area (Å²) < 4.78 is 23.7. The van der Waals surface area contributed by atoms with Gasteiger partial charge >= 0.3 is 12.1 Å². The molecule has 1 fully saturated rings. The molecule has 0 saturated carbocycles. The molecule has 128 valence electrons. The maximum Gasteiger partial charge on any atom is 0.414 e. The van der Waals surface area contributed by atoms with Gasteiger partial charge in [-0.3, -0.25) is 9.69 Å². The number of hydrogen-bond donors (Lipinski definition) is 0. The molecule has 1 saturated heterocycles. The first-order chi connectivity index (χ1) is 12.0. The number of benzene rings is 2. The van der Waals surface area contributed by atoms with Crippen LogP contribution in [0.5, 0.6) is 5.75 Å². The fourth-order valence-corrected chi connectivity index (χ4v) is 2.42. The summed E-state index contributed by atoms with van der Waals surface area (Å²) in [6.07, 6.45) is -0.434. The maximum absolute atomic E-state index is 13.8. The summed E-state index contributed by atoms with van der Waals surface area (Å²) in [4.78, 5) is 36.3. The van der Waals surface area contributed by atoms with Gasteiger partial charge in [-0.2, -0.15) is 0 Å². The normalized spacial score (nSPS) is 13.5. The molecule has 6 nitrogen and oxygen atoms in total. The van der Waals surface area contributed by atoms with Gasteiger partial charge in [0, 0.05) is 11.8 Å². The zero-order chi connectivity index (χ0) is 18.0. The van der Waals surface area contributed by atoms with Gasteiger partial charge in [-0.25, -0.2) is 14.0 Å². The van der Waals surface area contributed by atoms with Crippen LogP contribution in [0.1, 0.15) is 27.6 Å². The first kappa shape index (κ1) is 16.6. The number of anilines is 1. The predicted molar refractivity (Wildman–Crippen MR) is 86.5 cm³/mol. The first-order valence-corrected chi connectivity index (χ1v) is 7.53. The number of halogens is 1. The van der Waals surface area contributed by atoms with E-state index >= 15 is 0 Å². The smallest absolute Gasteiger partial charge is 0.414 e. The van der Waals surface area contributed by atoms with E-state index in [4.69, 9.17) is 9.47 Å². The van der Waals surface area contributed by atoms with Crippen molar-refractivity contribution in [2.24, 2.45) is 0 Å². The molecular formula is C18H14FNO5. The molecule has 0 aliphatic carbocycles. The van der Waals surface area contributed by atoms with E-state index < -0.39 is 23.7 Å². The summed E-state index contributed by atoms with van der Waals surface area (Å²) in [5.74, 6) is -1.84. The van der Waals surface area contributed by atoms with Crippen molar-refractivity contribution < 1.29 is 28.2 Å². The van der Waals surface area contributed by atoms with Crippen LogP contribution in [0.3, 0.4) is 0 Å². The molecule has 0 N–H and O–H groups in total. The topological polar surface area (TPSA) is 72.9 Å². The Morgan fingerprint density at radius 1 is 1.16 bits per heavy atom. The van der Waals surface area contributed by atoms with Crippen molar-refractivity contribution in [2.45, 2.75) is 6.92 Å². The molecule has 0 spiro atoms. The average molecular weight is 343 g/mol. The monoisotopic (exact) mass is 343 g/mol. The molecule has 1 heterocycles. The quantitative estimate of drug-likeness (QED) is 0.484. The highest BCUT2D eigenvalue weighted by Gasteiger charge is 2.23. The lowest BCUT2D eigenvalue weighted by Crippen LogP contribution is -2.23. The highest BCUT2D eigenvalue weighted by molar-refractivity contribution is 5.95. The SMILES string of the molecule is CC(=O)c1ccc(OC(=O)c2ccc(N3CCOC3=O)cc2)cc1F. The number of carbonyl (C=O) groups is 3. The number of ether oxygens (including phenoxy) is 2. The summed E-state index contributed by atoms with van der Waals surface area (Å²) in [5.41, 5.74) is 0.782. The number of carbonyl (C=O) groups excluding carboxylic acids is 3. The van der Waals surface area contributed by atoms with E-state index in [2.05, 4.69) is 0 Å². The molecule has 2 aromatic carbocycles. The van der Waals surface area contributed by atoms with E-state index in [1.807, 2.05) is 0 Å². The Morgan fingerprint density at radius 2 is 1.88 bits per heavy atom. The Balaban J connectivity index is 1.72. The number of cyclic esters (lactones) is 1. The lowest BCUT2D eigenvalue weighted by atomic mass is 10.1. The summed E-state index contributed by atoms with van der Waals surface area (Å²) in [6.45, 7) is 2.02. The van der Waals surface area contributed by atoms with Crippen LogP contribution in [0, 0.1) is 5.82 Å². The van der Waals surface area contributed by atoms with Gasteiger partial charge < -0.3 is 9.47 Å². The van der Waals surface area contributed by atoms with E-state index in [1.54, 1.807) is 12.1 Å². The number of Topliss-reactive ketones (excluding diaryl/α,β-unsaturated/α-hetero) is 1. The van der Waals surface area contributed by atoms with Gasteiger partial charge in [0.25, 0.3) is 0 Å². The highest BCUT2D eigenvalue weighted by Crippen LogP contribution is 2.21. The molecule has 0 bridgehead atoms. The van der Waals surface area contributed by atoms with Crippen LogP contribution in [-0.2, 0) is 4.74 Å². The van der Waals surface area contributed by atoms with Crippen molar-refractivity contribution in [3.63, 3.8) is 0 Å². The standard InChI is InChI=1S/C18H14FNO5/c1-11(21)15-7-6-14(10-16(15)19)25-17(22)12-2-4-13(5-3-12)20-8-9-24-18(20)23/h2-7,10H,8-9H2,1H3. The van der Waals surface area contributed by atoms with Crippen LogP contribution in [0.15, 0.2) is 42.5 Å². The second kappa shape index (κ2) is 6.72. The second-order valence-corrected chi connectivity index (χ2v) is 5.40. The summed E-state index contributed by atoms with van der Waals surface area (Å²) in [5, 5.41) is 0. The predicted octanol–water partition coefficient (Wildman–Crippen LogP) is 3.20. The van der Waals surface area contributed by atoms with Gasteiger partial charge in [0.05, 0.1) is 17.7 Å². The van der Waals surface area contributed by atoms with E-state index in [-0.39, 0.29) is 16.9 Å². The molecule has 1 aliphatic rings. The maximum atomic E-state index is 13.8. The summed E-state index contributed by atoms with van der Waals surface area (Å²) in [6, 6.07) is 9.82. The molecule has 0 atom stereocenters. The largest absolute Gasteiger partial charge is 0.447 e. The highest BCUT2D eigenvalue weighted by atomic mass is 19.1. The molecule has 3 rings (SSSR count). The molecule has 0 aromatic heterocycles. The first-order valence-electron chi connectivity index (χ1n) is 7.53. The average Bonchev–Trinajstić information content (AvgIpc) is 3.00. The molecule has 1 aliphatic heterocycles. The number of hydrogen-bond acceptors (Lipinski definition) is 5. The molecule has 1 amide bonds. The van der Waals surface area contributed by atoms with Gasteiger partial charge in [-0.15, -0.1) is 0 Å². The minimum Gasteiger partial charge on any atom is -0.447 e. The van der Waals surface area contributed by atoms with Crippen LogP contribution in [0.4, 0.5) is 14.9 Å². The fourth-order valence-electron chi connectivity index (χ4n) is 2.42. The second-order valence-electron chi connectivity index (χ2n) is 5.40. The third kappa shape index (κ3) is 3.50. The van der Waals surface area contributed by atoms with Crippen molar-refractivity contribution >= 4 is 23.5 Å².